The highest BCUT2D eigenvalue weighted by atomic mass is 16.6. The number of hydrogen-bond donors (Lipinski definition) is 0. The van der Waals surface area contributed by atoms with Crippen molar-refractivity contribution in [1.29, 1.82) is 0 Å². The van der Waals surface area contributed by atoms with E-state index in [1.165, 1.54) is 20.3 Å². The zero-order chi connectivity index (χ0) is 16.0. The molecule has 116 valence electrons. The van der Waals surface area contributed by atoms with Crippen molar-refractivity contribution in [1.82, 2.24) is 0 Å². The average molecular weight is 299 g/mol. The van der Waals surface area contributed by atoms with Crippen LogP contribution in [-0.2, 0) is 4.74 Å². The molecule has 0 aliphatic carbocycles. The summed E-state index contributed by atoms with van der Waals surface area (Å²) in [5.74, 6) is -0.785. The molecule has 0 saturated carbocycles. The lowest BCUT2D eigenvalue weighted by atomic mass is 10.1. The first-order valence-electron chi connectivity index (χ1n) is 6.24. The van der Waals surface area contributed by atoms with Gasteiger partial charge >= 0.3 is 11.7 Å². The number of benzene rings is 1. The van der Waals surface area contributed by atoms with E-state index in [2.05, 4.69) is 0 Å². The van der Waals surface area contributed by atoms with Gasteiger partial charge in [0.2, 0.25) is 11.5 Å². The molecule has 0 amide bonds. The highest BCUT2D eigenvalue weighted by Gasteiger charge is 2.33. The highest BCUT2D eigenvalue weighted by molar-refractivity contribution is 5.97. The molecule has 1 rings (SSSR count). The lowest BCUT2D eigenvalue weighted by molar-refractivity contribution is -0.386. The standard InChI is InChI=1S/C13H17NO7/c1-5-20-12-10(14(16)17)8(13(15)21-6-2)7-9(18-3)11(12)19-4/h7H,5-6H2,1-4H3. The second-order valence-electron chi connectivity index (χ2n) is 3.75. The van der Waals surface area contributed by atoms with Crippen LogP contribution >= 0.6 is 0 Å². The molecule has 0 N–H and O–H groups in total. The quantitative estimate of drug-likeness (QED) is 0.432. The number of nitrogens with zero attached hydrogens (tertiary/aromatic N) is 1. The third kappa shape index (κ3) is 3.33. The normalized spacial score (nSPS) is 9.90. The van der Waals surface area contributed by atoms with Gasteiger partial charge in [0.25, 0.3) is 0 Å². The van der Waals surface area contributed by atoms with Crippen molar-refractivity contribution in [2.24, 2.45) is 0 Å². The van der Waals surface area contributed by atoms with Gasteiger partial charge in [-0.2, -0.15) is 0 Å². The Bertz CT molecular complexity index is 542. The van der Waals surface area contributed by atoms with E-state index >= 15 is 0 Å². The van der Waals surface area contributed by atoms with Crippen molar-refractivity contribution in [3.63, 3.8) is 0 Å². The molecule has 21 heavy (non-hydrogen) atoms. The Kier molecular flexibility index (Phi) is 5.77. The van der Waals surface area contributed by atoms with Crippen LogP contribution in [0.2, 0.25) is 0 Å². The molecule has 0 aliphatic heterocycles. The smallest absolute Gasteiger partial charge is 0.345 e. The van der Waals surface area contributed by atoms with Gasteiger partial charge in [0.1, 0.15) is 5.56 Å². The number of carbonyl (C=O) groups is 1. The number of carbonyl (C=O) groups excluding carboxylic acids is 1. The Morgan fingerprint density at radius 2 is 1.86 bits per heavy atom. The zero-order valence-corrected chi connectivity index (χ0v) is 12.3. The van der Waals surface area contributed by atoms with Crippen LogP contribution in [0.5, 0.6) is 17.2 Å². The van der Waals surface area contributed by atoms with Crippen LogP contribution in [0, 0.1) is 10.1 Å². The van der Waals surface area contributed by atoms with Gasteiger partial charge in [-0.3, -0.25) is 10.1 Å². The predicted octanol–water partition coefficient (Wildman–Crippen LogP) is 2.19. The van der Waals surface area contributed by atoms with Crippen molar-refractivity contribution in [3.05, 3.63) is 21.7 Å². The van der Waals surface area contributed by atoms with Crippen molar-refractivity contribution < 1.29 is 28.7 Å². The maximum atomic E-state index is 11.9. The topological polar surface area (TPSA) is 97.1 Å². The third-order valence-corrected chi connectivity index (χ3v) is 2.57. The van der Waals surface area contributed by atoms with Crippen molar-refractivity contribution in [2.45, 2.75) is 13.8 Å². The zero-order valence-electron chi connectivity index (χ0n) is 12.3. The summed E-state index contributed by atoms with van der Waals surface area (Å²) in [5, 5.41) is 11.3. The summed E-state index contributed by atoms with van der Waals surface area (Å²) in [4.78, 5) is 22.5. The number of methoxy groups -OCH3 is 2. The number of nitro benzene ring substituents is 1. The predicted molar refractivity (Wildman–Crippen MR) is 73.3 cm³/mol. The second kappa shape index (κ2) is 7.32. The lowest BCUT2D eigenvalue weighted by Crippen LogP contribution is -2.11. The molecule has 0 saturated heterocycles. The van der Waals surface area contributed by atoms with Gasteiger partial charge in [-0.1, -0.05) is 0 Å². The van der Waals surface area contributed by atoms with Crippen LogP contribution in [0.4, 0.5) is 5.69 Å². The lowest BCUT2D eigenvalue weighted by Gasteiger charge is -2.15. The van der Waals surface area contributed by atoms with Gasteiger partial charge in [-0.15, -0.1) is 0 Å². The molecule has 8 heteroatoms. The number of hydrogen-bond acceptors (Lipinski definition) is 7. The Labute approximate surface area is 121 Å². The Morgan fingerprint density at radius 3 is 2.29 bits per heavy atom. The molecular formula is C13H17NO7. The SMILES string of the molecule is CCOC(=O)c1cc(OC)c(OC)c(OCC)c1[N+](=O)[O-]. The van der Waals surface area contributed by atoms with Crippen LogP contribution in [0.1, 0.15) is 24.2 Å². The summed E-state index contributed by atoms with van der Waals surface area (Å²) in [7, 11) is 2.68. The fraction of sp³-hybridized carbons (Fsp3) is 0.462. The molecule has 0 heterocycles. The first-order chi connectivity index (χ1) is 10.0. The first kappa shape index (κ1) is 16.5. The molecule has 1 aromatic rings. The maximum Gasteiger partial charge on any atom is 0.345 e. The van der Waals surface area contributed by atoms with Crippen LogP contribution in [0.15, 0.2) is 6.07 Å². The summed E-state index contributed by atoms with van der Waals surface area (Å²) < 4.78 is 20.3. The minimum atomic E-state index is -0.828. The van der Waals surface area contributed by atoms with Gasteiger partial charge in [-0.25, -0.2) is 4.79 Å². The second-order valence-corrected chi connectivity index (χ2v) is 3.75. The molecule has 0 aromatic heterocycles. The molecule has 0 spiro atoms. The van der Waals surface area contributed by atoms with E-state index in [0.29, 0.717) is 0 Å². The summed E-state index contributed by atoms with van der Waals surface area (Å²) in [6, 6.07) is 1.21. The van der Waals surface area contributed by atoms with E-state index in [-0.39, 0.29) is 36.0 Å². The fourth-order valence-corrected chi connectivity index (χ4v) is 1.78. The molecule has 0 bridgehead atoms. The van der Waals surface area contributed by atoms with Crippen molar-refractivity contribution in [2.75, 3.05) is 27.4 Å². The summed E-state index contributed by atoms with van der Waals surface area (Å²) >= 11 is 0. The first-order valence-corrected chi connectivity index (χ1v) is 6.24. The van der Waals surface area contributed by atoms with E-state index in [4.69, 9.17) is 18.9 Å². The van der Waals surface area contributed by atoms with E-state index in [1.807, 2.05) is 0 Å². The van der Waals surface area contributed by atoms with Gasteiger partial charge < -0.3 is 18.9 Å². The van der Waals surface area contributed by atoms with Crippen molar-refractivity contribution in [3.8, 4) is 17.2 Å². The summed E-state index contributed by atoms with van der Waals surface area (Å²) in [5.41, 5.74) is -0.754. The molecule has 1 aromatic carbocycles. The molecule has 0 radical (unpaired) electrons. The summed E-state index contributed by atoms with van der Waals surface area (Å²) in [6.45, 7) is 3.52. The molecule has 8 nitrogen and oxygen atoms in total. The van der Waals surface area contributed by atoms with Crippen LogP contribution in [0.25, 0.3) is 0 Å². The van der Waals surface area contributed by atoms with E-state index < -0.39 is 16.6 Å². The minimum absolute atomic E-state index is 0.0547. The van der Waals surface area contributed by atoms with Crippen LogP contribution < -0.4 is 14.2 Å². The number of rotatable bonds is 7. The maximum absolute atomic E-state index is 11.9. The molecule has 0 atom stereocenters. The third-order valence-electron chi connectivity index (χ3n) is 2.57. The average Bonchev–Trinajstić information content (AvgIpc) is 2.46. The molecule has 0 fully saturated rings. The molecular weight excluding hydrogens is 282 g/mol. The van der Waals surface area contributed by atoms with Gasteiger partial charge in [0.15, 0.2) is 5.75 Å². The fourth-order valence-electron chi connectivity index (χ4n) is 1.78. The minimum Gasteiger partial charge on any atom is -0.493 e. The largest absolute Gasteiger partial charge is 0.493 e. The van der Waals surface area contributed by atoms with Gasteiger partial charge in [0, 0.05) is 6.07 Å². The van der Waals surface area contributed by atoms with Gasteiger partial charge in [-0.05, 0) is 13.8 Å². The van der Waals surface area contributed by atoms with Gasteiger partial charge in [0.05, 0.1) is 32.4 Å². The monoisotopic (exact) mass is 299 g/mol. The Hall–Kier alpha value is -2.51. The number of esters is 1. The highest BCUT2D eigenvalue weighted by Crippen LogP contribution is 2.46. The Balaban J connectivity index is 3.66. The molecule has 0 unspecified atom stereocenters. The van der Waals surface area contributed by atoms with E-state index in [9.17, 15) is 14.9 Å². The van der Waals surface area contributed by atoms with Crippen LogP contribution in [0.3, 0.4) is 0 Å². The number of ether oxygens (including phenoxy) is 4. The summed E-state index contributed by atoms with van der Waals surface area (Å²) in [6.07, 6.45) is 0. The van der Waals surface area contributed by atoms with E-state index in [1.54, 1.807) is 13.8 Å². The molecule has 0 aliphatic rings. The Morgan fingerprint density at radius 1 is 1.19 bits per heavy atom. The van der Waals surface area contributed by atoms with E-state index in [0.717, 1.165) is 0 Å². The van der Waals surface area contributed by atoms with Crippen LogP contribution in [-0.4, -0.2) is 38.3 Å². The van der Waals surface area contributed by atoms with Crippen molar-refractivity contribution >= 4 is 11.7 Å². The number of nitro groups is 1.